The Bertz CT molecular complexity index is 1030. The number of nitrogens with one attached hydrogen (secondary N) is 2. The topological polar surface area (TPSA) is 88.5 Å². The van der Waals surface area contributed by atoms with E-state index in [0.29, 0.717) is 11.7 Å². The highest BCUT2D eigenvalue weighted by Gasteiger charge is 2.10. The summed E-state index contributed by atoms with van der Waals surface area (Å²) >= 11 is 1.54. The molecule has 0 aliphatic heterocycles. The predicted molar refractivity (Wildman–Crippen MR) is 104 cm³/mol. The van der Waals surface area contributed by atoms with Gasteiger partial charge in [-0.3, -0.25) is 9.97 Å². The van der Waals surface area contributed by atoms with Crippen LogP contribution in [0.5, 0.6) is 0 Å². The van der Waals surface area contributed by atoms with Crippen LogP contribution in [0, 0.1) is 0 Å². The Morgan fingerprint density at radius 2 is 1.77 bits per heavy atom. The Kier molecular flexibility index (Phi) is 4.40. The number of rotatable bonds is 5. The zero-order valence-electron chi connectivity index (χ0n) is 14.3. The molecule has 7 nitrogen and oxygen atoms in total. The van der Waals surface area contributed by atoms with Gasteiger partial charge in [0, 0.05) is 30.2 Å². The van der Waals surface area contributed by atoms with E-state index in [1.165, 1.54) is 11.3 Å². The van der Waals surface area contributed by atoms with E-state index < -0.39 is 0 Å². The Labute approximate surface area is 154 Å². The van der Waals surface area contributed by atoms with Crippen LogP contribution < -0.4 is 10.6 Å². The molecule has 0 aromatic carbocycles. The van der Waals surface area contributed by atoms with Gasteiger partial charge >= 0.3 is 0 Å². The number of hydrogen-bond donors (Lipinski definition) is 2. The largest absolute Gasteiger partial charge is 0.354 e. The highest BCUT2D eigenvalue weighted by molar-refractivity contribution is 7.15. The van der Waals surface area contributed by atoms with Crippen molar-refractivity contribution in [3.63, 3.8) is 0 Å². The van der Waals surface area contributed by atoms with Crippen molar-refractivity contribution in [1.29, 1.82) is 0 Å². The molecule has 4 heterocycles. The molecule has 0 saturated carbocycles. The zero-order valence-corrected chi connectivity index (χ0v) is 15.2. The van der Waals surface area contributed by atoms with E-state index in [-0.39, 0.29) is 0 Å². The van der Waals surface area contributed by atoms with Crippen LogP contribution in [0.15, 0.2) is 48.9 Å². The van der Waals surface area contributed by atoms with Crippen molar-refractivity contribution in [3.8, 4) is 0 Å². The molecule has 0 aliphatic carbocycles. The van der Waals surface area contributed by atoms with Gasteiger partial charge in [-0.1, -0.05) is 25.2 Å². The molecule has 0 atom stereocenters. The fourth-order valence-corrected chi connectivity index (χ4v) is 3.17. The molecule has 2 N–H and O–H groups in total. The lowest BCUT2D eigenvalue weighted by Gasteiger charge is -2.10. The van der Waals surface area contributed by atoms with Crippen LogP contribution in [0.25, 0.3) is 11.0 Å². The van der Waals surface area contributed by atoms with Gasteiger partial charge in [0.15, 0.2) is 0 Å². The van der Waals surface area contributed by atoms with Gasteiger partial charge in [-0.25, -0.2) is 4.98 Å². The van der Waals surface area contributed by atoms with Crippen molar-refractivity contribution < 1.29 is 0 Å². The minimum Gasteiger partial charge on any atom is -0.354 e. The third-order valence-electron chi connectivity index (χ3n) is 3.71. The molecule has 4 aromatic heterocycles. The molecule has 0 bridgehead atoms. The van der Waals surface area contributed by atoms with Gasteiger partial charge in [-0.15, -0.1) is 10.2 Å². The second-order valence-electron chi connectivity index (χ2n) is 6.01. The Morgan fingerprint density at radius 3 is 2.54 bits per heavy atom. The Balaban J connectivity index is 1.65. The van der Waals surface area contributed by atoms with Crippen molar-refractivity contribution in [1.82, 2.24) is 25.1 Å². The lowest BCUT2D eigenvalue weighted by molar-refractivity contribution is 0.825. The van der Waals surface area contributed by atoms with E-state index in [9.17, 15) is 0 Å². The fraction of sp³-hybridized carbons (Fsp3) is 0.167. The second-order valence-corrected chi connectivity index (χ2v) is 7.02. The summed E-state index contributed by atoms with van der Waals surface area (Å²) < 4.78 is 0. The molecule has 130 valence electrons. The van der Waals surface area contributed by atoms with Gasteiger partial charge in [0.1, 0.15) is 16.3 Å². The fourth-order valence-electron chi connectivity index (χ4n) is 2.41. The van der Waals surface area contributed by atoms with Crippen LogP contribution >= 0.6 is 11.3 Å². The maximum absolute atomic E-state index is 4.71. The lowest BCUT2D eigenvalue weighted by atomic mass is 10.2. The number of pyridine rings is 3. The van der Waals surface area contributed by atoms with E-state index in [1.807, 2.05) is 30.3 Å². The van der Waals surface area contributed by atoms with Crippen LogP contribution in [0.2, 0.25) is 0 Å². The molecule has 0 radical (unpaired) electrons. The molecule has 4 rings (SSSR count). The summed E-state index contributed by atoms with van der Waals surface area (Å²) in [5.74, 6) is 1.06. The van der Waals surface area contributed by atoms with E-state index in [0.717, 1.165) is 32.5 Å². The normalized spacial score (nSPS) is 11.0. The van der Waals surface area contributed by atoms with Crippen molar-refractivity contribution >= 4 is 44.7 Å². The predicted octanol–water partition coefficient (Wildman–Crippen LogP) is 4.49. The smallest absolute Gasteiger partial charge is 0.211 e. The minimum absolute atomic E-state index is 0.355. The van der Waals surface area contributed by atoms with E-state index in [1.54, 1.807) is 18.6 Å². The summed E-state index contributed by atoms with van der Waals surface area (Å²) in [4.78, 5) is 13.1. The Morgan fingerprint density at radius 1 is 0.923 bits per heavy atom. The number of aromatic nitrogens is 5. The van der Waals surface area contributed by atoms with Crippen molar-refractivity contribution in [3.05, 3.63) is 53.9 Å². The third kappa shape index (κ3) is 3.45. The van der Waals surface area contributed by atoms with Crippen molar-refractivity contribution in [2.45, 2.75) is 19.8 Å². The average molecular weight is 363 g/mol. The summed E-state index contributed by atoms with van der Waals surface area (Å²) in [5, 5.41) is 16.7. The van der Waals surface area contributed by atoms with E-state index in [4.69, 9.17) is 4.98 Å². The maximum atomic E-state index is 4.71. The molecule has 0 amide bonds. The molecule has 0 aliphatic rings. The molecule has 0 saturated heterocycles. The number of fused-ring (bicyclic) bond motifs is 1. The van der Waals surface area contributed by atoms with Crippen LogP contribution in [-0.2, 0) is 0 Å². The van der Waals surface area contributed by atoms with Gasteiger partial charge in [-0.05, 0) is 30.3 Å². The Hall–Kier alpha value is -3.13. The SMILES string of the molecule is CC(C)c1nnc(Nc2ccc3nccc(Nc4ccncc4)c3n2)s1. The highest BCUT2D eigenvalue weighted by atomic mass is 32.1. The third-order valence-corrected chi connectivity index (χ3v) is 4.85. The van der Waals surface area contributed by atoms with Gasteiger partial charge in [-0.2, -0.15) is 0 Å². The molecule has 26 heavy (non-hydrogen) atoms. The van der Waals surface area contributed by atoms with Gasteiger partial charge < -0.3 is 10.6 Å². The molecular weight excluding hydrogens is 346 g/mol. The second kappa shape index (κ2) is 7.01. The molecular formula is C18H17N7S. The molecule has 0 fully saturated rings. The first kappa shape index (κ1) is 16.3. The summed E-state index contributed by atoms with van der Waals surface area (Å²) in [6, 6.07) is 9.54. The monoisotopic (exact) mass is 363 g/mol. The van der Waals surface area contributed by atoms with E-state index >= 15 is 0 Å². The molecule has 4 aromatic rings. The first-order valence-electron chi connectivity index (χ1n) is 8.22. The van der Waals surface area contributed by atoms with Crippen LogP contribution in [0.1, 0.15) is 24.8 Å². The van der Waals surface area contributed by atoms with Gasteiger partial charge in [0.2, 0.25) is 5.13 Å². The quantitative estimate of drug-likeness (QED) is 0.540. The first-order valence-corrected chi connectivity index (χ1v) is 9.04. The molecule has 0 spiro atoms. The number of anilines is 4. The summed E-state index contributed by atoms with van der Waals surface area (Å²) in [5.41, 5.74) is 3.42. The highest BCUT2D eigenvalue weighted by Crippen LogP contribution is 2.28. The van der Waals surface area contributed by atoms with Gasteiger partial charge in [0.25, 0.3) is 0 Å². The van der Waals surface area contributed by atoms with Gasteiger partial charge in [0.05, 0.1) is 11.2 Å². The minimum atomic E-state index is 0.355. The standard InChI is InChI=1S/C18H17N7S/c1-11(2)17-24-25-18(26-17)23-15-4-3-13-16(22-15)14(7-10-20-13)21-12-5-8-19-9-6-12/h3-11H,1-2H3,(H,19,20,21)(H,22,23,25). The molecule has 0 unspecified atom stereocenters. The van der Waals surface area contributed by atoms with Crippen LogP contribution in [0.4, 0.5) is 22.3 Å². The van der Waals surface area contributed by atoms with Crippen LogP contribution in [0.3, 0.4) is 0 Å². The lowest BCUT2D eigenvalue weighted by Crippen LogP contribution is -1.97. The number of nitrogens with zero attached hydrogens (tertiary/aromatic N) is 5. The van der Waals surface area contributed by atoms with Crippen molar-refractivity contribution in [2.75, 3.05) is 10.6 Å². The summed E-state index contributed by atoms with van der Waals surface area (Å²) in [6.07, 6.45) is 5.25. The first-order chi connectivity index (χ1) is 12.7. The summed E-state index contributed by atoms with van der Waals surface area (Å²) in [7, 11) is 0. The van der Waals surface area contributed by atoms with Crippen molar-refractivity contribution in [2.24, 2.45) is 0 Å². The average Bonchev–Trinajstić information content (AvgIpc) is 3.12. The van der Waals surface area contributed by atoms with Crippen LogP contribution in [-0.4, -0.2) is 25.1 Å². The number of hydrogen-bond acceptors (Lipinski definition) is 8. The van der Waals surface area contributed by atoms with E-state index in [2.05, 4.69) is 44.6 Å². The summed E-state index contributed by atoms with van der Waals surface area (Å²) in [6.45, 7) is 4.20. The zero-order chi connectivity index (χ0) is 17.9. The maximum Gasteiger partial charge on any atom is 0.211 e. The molecule has 8 heteroatoms.